The van der Waals surface area contributed by atoms with Crippen molar-refractivity contribution in [3.8, 4) is 0 Å². The van der Waals surface area contributed by atoms with Gasteiger partial charge in [0.05, 0.1) is 0 Å². The summed E-state index contributed by atoms with van der Waals surface area (Å²) in [5.74, 6) is 0. The lowest BCUT2D eigenvalue weighted by Crippen LogP contribution is -2.47. The molecule has 1 aliphatic rings. The summed E-state index contributed by atoms with van der Waals surface area (Å²) in [6, 6.07) is 0.600. The van der Waals surface area contributed by atoms with E-state index in [4.69, 9.17) is 0 Å². The molecule has 0 aromatic heterocycles. The molecule has 1 fully saturated rings. The summed E-state index contributed by atoms with van der Waals surface area (Å²) in [5, 5.41) is 16.4. The van der Waals surface area contributed by atoms with Gasteiger partial charge in [-0.3, -0.25) is 0 Å². The Morgan fingerprint density at radius 2 is 2.13 bits per heavy atom. The third-order valence-electron chi connectivity index (χ3n) is 3.90. The third kappa shape index (κ3) is 3.74. The van der Waals surface area contributed by atoms with E-state index in [1.165, 1.54) is 12.8 Å². The van der Waals surface area contributed by atoms with Crippen LogP contribution in [-0.4, -0.2) is 37.4 Å². The molecular formula is C12H26N2O. The number of rotatable bonds is 6. The van der Waals surface area contributed by atoms with E-state index in [1.807, 2.05) is 0 Å². The molecule has 90 valence electrons. The van der Waals surface area contributed by atoms with Gasteiger partial charge in [-0.1, -0.05) is 13.8 Å². The normalized spacial score (nSPS) is 23.0. The first kappa shape index (κ1) is 12.9. The summed E-state index contributed by atoms with van der Waals surface area (Å²) in [6.07, 6.45) is 4.63. The Kier molecular flexibility index (Phi) is 5.58. The molecule has 1 atom stereocenters. The van der Waals surface area contributed by atoms with E-state index in [1.54, 1.807) is 0 Å². The molecule has 0 aliphatic carbocycles. The van der Waals surface area contributed by atoms with Gasteiger partial charge < -0.3 is 15.7 Å². The molecule has 0 aromatic carbocycles. The zero-order chi connectivity index (χ0) is 11.1. The highest BCUT2D eigenvalue weighted by molar-refractivity contribution is 4.82. The molecular weight excluding hydrogens is 188 g/mol. The van der Waals surface area contributed by atoms with E-state index in [9.17, 15) is 5.11 Å². The number of aliphatic hydroxyl groups excluding tert-OH is 1. The highest BCUT2D eigenvalue weighted by Gasteiger charge is 2.26. The fraction of sp³-hybridized carbons (Fsp3) is 1.00. The summed E-state index contributed by atoms with van der Waals surface area (Å²) in [4.78, 5) is 0. The molecule has 0 aromatic rings. The Labute approximate surface area is 93.6 Å². The van der Waals surface area contributed by atoms with Gasteiger partial charge in [0.2, 0.25) is 0 Å². The van der Waals surface area contributed by atoms with Crippen LogP contribution in [0.3, 0.4) is 0 Å². The van der Waals surface area contributed by atoms with Gasteiger partial charge in [0.15, 0.2) is 0 Å². The van der Waals surface area contributed by atoms with E-state index in [0.717, 1.165) is 32.5 Å². The number of nitrogens with one attached hydrogen (secondary N) is 2. The first-order valence-electron chi connectivity index (χ1n) is 6.31. The first-order chi connectivity index (χ1) is 7.26. The zero-order valence-corrected chi connectivity index (χ0v) is 10.2. The van der Waals surface area contributed by atoms with Crippen LogP contribution in [0.5, 0.6) is 0 Å². The summed E-state index contributed by atoms with van der Waals surface area (Å²) in [7, 11) is 0. The molecule has 15 heavy (non-hydrogen) atoms. The molecule has 1 aliphatic heterocycles. The molecule has 3 N–H and O–H groups in total. The Bertz CT molecular complexity index is 155. The summed E-state index contributed by atoms with van der Waals surface area (Å²) in [5.41, 5.74) is 0.0947. The minimum atomic E-state index is 0.0947. The second-order valence-corrected chi connectivity index (χ2v) is 4.79. The third-order valence-corrected chi connectivity index (χ3v) is 3.90. The Hall–Kier alpha value is -0.120. The van der Waals surface area contributed by atoms with Crippen molar-refractivity contribution in [3.63, 3.8) is 0 Å². The molecule has 0 saturated carbocycles. The van der Waals surface area contributed by atoms with Crippen LogP contribution in [0.1, 0.15) is 39.5 Å². The highest BCUT2D eigenvalue weighted by Crippen LogP contribution is 2.24. The number of piperidine rings is 1. The van der Waals surface area contributed by atoms with Crippen LogP contribution in [-0.2, 0) is 0 Å². The van der Waals surface area contributed by atoms with E-state index in [2.05, 4.69) is 24.5 Å². The van der Waals surface area contributed by atoms with Gasteiger partial charge in [-0.15, -0.1) is 0 Å². The maximum absolute atomic E-state index is 9.45. The molecule has 3 heteroatoms. The van der Waals surface area contributed by atoms with Gasteiger partial charge in [0, 0.05) is 31.2 Å². The van der Waals surface area contributed by atoms with Crippen molar-refractivity contribution in [1.29, 1.82) is 0 Å². The largest absolute Gasteiger partial charge is 0.396 e. The smallest absolute Gasteiger partial charge is 0.0499 e. The zero-order valence-electron chi connectivity index (χ0n) is 10.2. The van der Waals surface area contributed by atoms with Crippen molar-refractivity contribution in [1.82, 2.24) is 10.6 Å². The van der Waals surface area contributed by atoms with Crippen molar-refractivity contribution in [2.24, 2.45) is 5.41 Å². The molecule has 1 rings (SSSR count). The van der Waals surface area contributed by atoms with Crippen molar-refractivity contribution in [3.05, 3.63) is 0 Å². The molecule has 0 spiro atoms. The maximum atomic E-state index is 9.45. The van der Waals surface area contributed by atoms with Crippen LogP contribution >= 0.6 is 0 Å². The highest BCUT2D eigenvalue weighted by atomic mass is 16.3. The number of hydrogen-bond acceptors (Lipinski definition) is 3. The number of aliphatic hydroxyl groups is 1. The minimum absolute atomic E-state index is 0.0947. The van der Waals surface area contributed by atoms with Crippen molar-refractivity contribution in [2.75, 3.05) is 26.2 Å². The van der Waals surface area contributed by atoms with E-state index >= 15 is 0 Å². The second-order valence-electron chi connectivity index (χ2n) is 4.79. The quantitative estimate of drug-likeness (QED) is 0.621. The van der Waals surface area contributed by atoms with E-state index in [0.29, 0.717) is 12.6 Å². The molecule has 0 amide bonds. The number of hydrogen-bond donors (Lipinski definition) is 3. The van der Waals surface area contributed by atoms with Gasteiger partial charge in [-0.25, -0.2) is 0 Å². The van der Waals surface area contributed by atoms with Crippen LogP contribution < -0.4 is 10.6 Å². The lowest BCUT2D eigenvalue weighted by molar-refractivity contribution is 0.108. The van der Waals surface area contributed by atoms with Gasteiger partial charge in [-0.05, 0) is 32.2 Å². The van der Waals surface area contributed by atoms with Gasteiger partial charge >= 0.3 is 0 Å². The van der Waals surface area contributed by atoms with Gasteiger partial charge in [-0.2, -0.15) is 0 Å². The minimum Gasteiger partial charge on any atom is -0.396 e. The molecule has 0 radical (unpaired) electrons. The topological polar surface area (TPSA) is 44.3 Å². The van der Waals surface area contributed by atoms with Crippen molar-refractivity contribution < 1.29 is 5.11 Å². The molecule has 1 saturated heterocycles. The summed E-state index contributed by atoms with van der Waals surface area (Å²) >= 11 is 0. The van der Waals surface area contributed by atoms with Crippen LogP contribution in [0.4, 0.5) is 0 Å². The summed E-state index contributed by atoms with van der Waals surface area (Å²) in [6.45, 7) is 7.82. The Balaban J connectivity index is 2.31. The second kappa shape index (κ2) is 6.46. The summed E-state index contributed by atoms with van der Waals surface area (Å²) < 4.78 is 0. The van der Waals surface area contributed by atoms with Crippen LogP contribution in [0.15, 0.2) is 0 Å². The molecule has 0 bridgehead atoms. The van der Waals surface area contributed by atoms with Gasteiger partial charge in [0.25, 0.3) is 0 Å². The Morgan fingerprint density at radius 3 is 2.60 bits per heavy atom. The molecule has 3 nitrogen and oxygen atoms in total. The monoisotopic (exact) mass is 214 g/mol. The first-order valence-corrected chi connectivity index (χ1v) is 6.31. The average molecular weight is 214 g/mol. The van der Waals surface area contributed by atoms with Crippen LogP contribution in [0.25, 0.3) is 0 Å². The van der Waals surface area contributed by atoms with Gasteiger partial charge in [0.1, 0.15) is 0 Å². The SMILES string of the molecule is CCC(CC)(CO)CNC1CCCNC1. The molecule has 1 unspecified atom stereocenters. The average Bonchev–Trinajstić information content (AvgIpc) is 2.33. The predicted molar refractivity (Wildman–Crippen MR) is 64.0 cm³/mol. The van der Waals surface area contributed by atoms with Crippen molar-refractivity contribution >= 4 is 0 Å². The van der Waals surface area contributed by atoms with Crippen LogP contribution in [0, 0.1) is 5.41 Å². The van der Waals surface area contributed by atoms with E-state index in [-0.39, 0.29) is 5.41 Å². The fourth-order valence-electron chi connectivity index (χ4n) is 2.17. The Morgan fingerprint density at radius 1 is 1.40 bits per heavy atom. The fourth-order valence-corrected chi connectivity index (χ4v) is 2.17. The van der Waals surface area contributed by atoms with E-state index < -0.39 is 0 Å². The standard InChI is InChI=1S/C12H26N2O/c1-3-12(4-2,10-15)9-14-11-6-5-7-13-8-11/h11,13-15H,3-10H2,1-2H3. The molecule has 1 heterocycles. The van der Waals surface area contributed by atoms with Crippen LogP contribution in [0.2, 0.25) is 0 Å². The lowest BCUT2D eigenvalue weighted by Gasteiger charge is -2.33. The maximum Gasteiger partial charge on any atom is 0.0499 e. The lowest BCUT2D eigenvalue weighted by atomic mass is 9.83. The predicted octanol–water partition coefficient (Wildman–Crippen LogP) is 1.13. The van der Waals surface area contributed by atoms with Crippen molar-refractivity contribution in [2.45, 2.75) is 45.6 Å².